The van der Waals surface area contributed by atoms with Gasteiger partial charge >= 0.3 is 5.97 Å². The Bertz CT molecular complexity index is 604. The summed E-state index contributed by atoms with van der Waals surface area (Å²) in [6.45, 7) is 6.58. The van der Waals surface area contributed by atoms with Gasteiger partial charge in [-0.1, -0.05) is 11.8 Å². The number of aryl methyl sites for hydroxylation is 3. The van der Waals surface area contributed by atoms with Crippen LogP contribution < -0.4 is 0 Å². The van der Waals surface area contributed by atoms with Crippen molar-refractivity contribution in [2.75, 3.05) is 0 Å². The third kappa shape index (κ3) is 3.16. The number of hydrogen-bond acceptors (Lipinski definition) is 5. The van der Waals surface area contributed by atoms with E-state index in [9.17, 15) is 4.79 Å². The molecule has 0 aliphatic heterocycles. The Labute approximate surface area is 119 Å². The lowest BCUT2D eigenvalue weighted by Crippen LogP contribution is -2.01. The number of thioether (sulfide) groups is 1. The minimum Gasteiger partial charge on any atom is -0.477 e. The molecule has 0 aliphatic carbocycles. The first-order chi connectivity index (χ1) is 9.01. The van der Waals surface area contributed by atoms with Gasteiger partial charge in [0.25, 0.3) is 0 Å². The van der Waals surface area contributed by atoms with Crippen molar-refractivity contribution in [3.63, 3.8) is 0 Å². The minimum atomic E-state index is -0.906. The van der Waals surface area contributed by atoms with E-state index >= 15 is 0 Å². The number of hydrogen-bond donors (Lipinski definition) is 1. The van der Waals surface area contributed by atoms with Crippen LogP contribution in [0.15, 0.2) is 10.4 Å². The van der Waals surface area contributed by atoms with E-state index in [1.54, 1.807) is 18.7 Å². The second-order valence-corrected chi connectivity index (χ2v) is 6.30. The summed E-state index contributed by atoms with van der Waals surface area (Å²) in [5, 5.41) is 13.4. The average molecular weight is 297 g/mol. The molecule has 2 aromatic heterocycles. The molecule has 0 spiro atoms. The van der Waals surface area contributed by atoms with Crippen LogP contribution >= 0.6 is 23.1 Å². The highest BCUT2D eigenvalue weighted by atomic mass is 32.2. The maximum absolute atomic E-state index is 11.0. The number of nitrogens with zero attached hydrogens (tertiary/aromatic N) is 3. The van der Waals surface area contributed by atoms with Crippen LogP contribution in [0.3, 0.4) is 0 Å². The molecule has 7 heteroatoms. The molecule has 0 bridgehead atoms. The molecule has 0 aliphatic rings. The SMILES string of the molecule is CCn1nc(C)cc1CSc1nc(C)c(C(=O)O)s1. The lowest BCUT2D eigenvalue weighted by Gasteiger charge is -2.02. The van der Waals surface area contributed by atoms with Gasteiger partial charge in [0, 0.05) is 18.0 Å². The maximum atomic E-state index is 11.0. The van der Waals surface area contributed by atoms with Crippen LogP contribution in [0.1, 0.15) is 33.7 Å². The minimum absolute atomic E-state index is 0.322. The van der Waals surface area contributed by atoms with E-state index in [1.807, 2.05) is 11.6 Å². The Morgan fingerprint density at radius 3 is 2.84 bits per heavy atom. The molecule has 0 fully saturated rings. The molecule has 0 radical (unpaired) electrons. The van der Waals surface area contributed by atoms with E-state index in [1.165, 1.54) is 11.3 Å². The Kier molecular flexibility index (Phi) is 4.26. The summed E-state index contributed by atoms with van der Waals surface area (Å²) < 4.78 is 2.75. The van der Waals surface area contributed by atoms with Crippen molar-refractivity contribution in [1.29, 1.82) is 0 Å². The van der Waals surface area contributed by atoms with Crippen LogP contribution in [-0.4, -0.2) is 25.8 Å². The number of carbonyl (C=O) groups is 1. The number of aromatic carboxylic acids is 1. The van der Waals surface area contributed by atoms with E-state index in [0.29, 0.717) is 10.6 Å². The highest BCUT2D eigenvalue weighted by molar-refractivity contribution is 8.00. The second kappa shape index (κ2) is 5.75. The summed E-state index contributed by atoms with van der Waals surface area (Å²) in [7, 11) is 0. The largest absolute Gasteiger partial charge is 0.477 e. The van der Waals surface area contributed by atoms with Gasteiger partial charge in [0.1, 0.15) is 4.88 Å². The number of carboxylic acids is 1. The molecule has 0 amide bonds. The molecule has 2 heterocycles. The van der Waals surface area contributed by atoms with Gasteiger partial charge in [-0.15, -0.1) is 11.3 Å². The van der Waals surface area contributed by atoms with Crippen molar-refractivity contribution in [2.45, 2.75) is 37.4 Å². The fraction of sp³-hybridized carbons (Fsp3) is 0.417. The van der Waals surface area contributed by atoms with Crippen LogP contribution in [0.5, 0.6) is 0 Å². The highest BCUT2D eigenvalue weighted by Gasteiger charge is 2.14. The van der Waals surface area contributed by atoms with Crippen molar-refractivity contribution in [1.82, 2.24) is 14.8 Å². The van der Waals surface area contributed by atoms with Gasteiger partial charge < -0.3 is 5.11 Å². The lowest BCUT2D eigenvalue weighted by atomic mass is 10.4. The average Bonchev–Trinajstić information content (AvgIpc) is 2.89. The molecule has 1 N–H and O–H groups in total. The Morgan fingerprint density at radius 1 is 1.53 bits per heavy atom. The number of thiazole rings is 1. The number of aromatic nitrogens is 3. The van der Waals surface area contributed by atoms with Gasteiger partial charge in [-0.2, -0.15) is 5.10 Å². The highest BCUT2D eigenvalue weighted by Crippen LogP contribution is 2.29. The Morgan fingerprint density at radius 2 is 2.26 bits per heavy atom. The summed E-state index contributed by atoms with van der Waals surface area (Å²) in [5.41, 5.74) is 2.72. The first kappa shape index (κ1) is 14.1. The molecule has 0 aromatic carbocycles. The smallest absolute Gasteiger partial charge is 0.347 e. The molecule has 102 valence electrons. The number of carboxylic acid groups (broad SMARTS) is 1. The van der Waals surface area contributed by atoms with E-state index in [0.717, 1.165) is 28.0 Å². The summed E-state index contributed by atoms with van der Waals surface area (Å²) in [6.07, 6.45) is 0. The van der Waals surface area contributed by atoms with Crippen molar-refractivity contribution in [2.24, 2.45) is 0 Å². The molecule has 2 aromatic rings. The first-order valence-corrected chi connectivity index (χ1v) is 7.68. The van der Waals surface area contributed by atoms with Crippen LogP contribution in [0.25, 0.3) is 0 Å². The summed E-state index contributed by atoms with van der Waals surface area (Å²) in [6, 6.07) is 2.05. The zero-order chi connectivity index (χ0) is 14.0. The predicted molar refractivity (Wildman–Crippen MR) is 76.0 cm³/mol. The van der Waals surface area contributed by atoms with Gasteiger partial charge in [0.15, 0.2) is 4.34 Å². The number of rotatable bonds is 5. The van der Waals surface area contributed by atoms with Gasteiger partial charge in [-0.25, -0.2) is 9.78 Å². The van der Waals surface area contributed by atoms with Gasteiger partial charge in [-0.3, -0.25) is 4.68 Å². The zero-order valence-corrected chi connectivity index (χ0v) is 12.6. The van der Waals surface area contributed by atoms with Crippen LogP contribution in [0, 0.1) is 13.8 Å². The molecular formula is C12H15N3O2S2. The summed E-state index contributed by atoms with van der Waals surface area (Å²) >= 11 is 2.78. The van der Waals surface area contributed by atoms with Gasteiger partial charge in [0.2, 0.25) is 0 Å². The monoisotopic (exact) mass is 297 g/mol. The predicted octanol–water partition coefficient (Wildman–Crippen LogP) is 2.97. The fourth-order valence-corrected chi connectivity index (χ4v) is 3.76. The van der Waals surface area contributed by atoms with Crippen molar-refractivity contribution < 1.29 is 9.90 Å². The maximum Gasteiger partial charge on any atom is 0.347 e. The lowest BCUT2D eigenvalue weighted by molar-refractivity contribution is 0.0701. The van der Waals surface area contributed by atoms with Crippen LogP contribution in [0.2, 0.25) is 0 Å². The molecule has 0 atom stereocenters. The zero-order valence-electron chi connectivity index (χ0n) is 11.0. The van der Waals surface area contributed by atoms with Crippen molar-refractivity contribution >= 4 is 29.1 Å². The first-order valence-electron chi connectivity index (χ1n) is 5.88. The van der Waals surface area contributed by atoms with E-state index in [2.05, 4.69) is 23.1 Å². The third-order valence-corrected chi connectivity index (χ3v) is 4.92. The molecular weight excluding hydrogens is 282 g/mol. The van der Waals surface area contributed by atoms with E-state index in [-0.39, 0.29) is 0 Å². The van der Waals surface area contributed by atoms with Crippen LogP contribution in [-0.2, 0) is 12.3 Å². The Balaban J connectivity index is 2.10. The molecule has 0 saturated carbocycles. The van der Waals surface area contributed by atoms with Crippen molar-refractivity contribution in [3.8, 4) is 0 Å². The Hall–Kier alpha value is -1.34. The topological polar surface area (TPSA) is 68.0 Å². The van der Waals surface area contributed by atoms with E-state index < -0.39 is 5.97 Å². The normalized spacial score (nSPS) is 10.9. The molecule has 19 heavy (non-hydrogen) atoms. The van der Waals surface area contributed by atoms with E-state index in [4.69, 9.17) is 5.11 Å². The standard InChI is InChI=1S/C12H15N3O2S2/c1-4-15-9(5-7(2)14-15)6-18-12-13-8(3)10(19-12)11(16)17/h5H,4,6H2,1-3H3,(H,16,17). The summed E-state index contributed by atoms with van der Waals surface area (Å²) in [4.78, 5) is 15.6. The summed E-state index contributed by atoms with van der Waals surface area (Å²) in [5.74, 6) is -0.156. The fourth-order valence-electron chi connectivity index (χ4n) is 1.76. The van der Waals surface area contributed by atoms with Gasteiger partial charge in [0.05, 0.1) is 11.4 Å². The molecule has 0 saturated heterocycles. The second-order valence-electron chi connectivity index (χ2n) is 4.08. The quantitative estimate of drug-likeness (QED) is 0.859. The van der Waals surface area contributed by atoms with Gasteiger partial charge in [-0.05, 0) is 26.8 Å². The third-order valence-electron chi connectivity index (χ3n) is 2.60. The van der Waals surface area contributed by atoms with Crippen molar-refractivity contribution in [3.05, 3.63) is 28.0 Å². The van der Waals surface area contributed by atoms with Crippen LogP contribution in [0.4, 0.5) is 0 Å². The molecule has 2 rings (SSSR count). The molecule has 5 nitrogen and oxygen atoms in total. The molecule has 0 unspecified atom stereocenters.